The fourth-order valence-electron chi connectivity index (χ4n) is 2.85. The Balaban J connectivity index is 1.60. The van der Waals surface area contributed by atoms with Crippen LogP contribution in [0.1, 0.15) is 46.4 Å². The molecule has 1 fully saturated rings. The molecule has 2 N–H and O–H groups in total. The van der Waals surface area contributed by atoms with Gasteiger partial charge in [0.1, 0.15) is 0 Å². The van der Waals surface area contributed by atoms with E-state index < -0.39 is 0 Å². The lowest BCUT2D eigenvalue weighted by Gasteiger charge is -2.12. The molecule has 0 unspecified atom stereocenters. The van der Waals surface area contributed by atoms with E-state index in [1.54, 1.807) is 36.4 Å². The summed E-state index contributed by atoms with van der Waals surface area (Å²) in [7, 11) is 0. The van der Waals surface area contributed by atoms with E-state index in [-0.39, 0.29) is 11.8 Å². The maximum absolute atomic E-state index is 12.2. The Hall–Kier alpha value is -2.14. The quantitative estimate of drug-likeness (QED) is 0.819. The number of benzene rings is 2. The van der Waals surface area contributed by atoms with Gasteiger partial charge in [-0.05, 0) is 61.4 Å². The van der Waals surface area contributed by atoms with Gasteiger partial charge >= 0.3 is 0 Å². The largest absolute Gasteiger partial charge is 0.349 e. The Kier molecular flexibility index (Phi) is 5.30. The molecule has 1 aliphatic carbocycles. The molecular formula is C19H19BrN2O2. The highest BCUT2D eigenvalue weighted by atomic mass is 79.9. The molecule has 24 heavy (non-hydrogen) atoms. The summed E-state index contributed by atoms with van der Waals surface area (Å²) in [6, 6.07) is 14.4. The third-order valence-corrected chi connectivity index (χ3v) is 4.73. The highest BCUT2D eigenvalue weighted by Gasteiger charge is 2.17. The van der Waals surface area contributed by atoms with E-state index in [2.05, 4.69) is 26.6 Å². The predicted octanol–water partition coefficient (Wildman–Crippen LogP) is 4.37. The third kappa shape index (κ3) is 4.23. The molecule has 2 aromatic carbocycles. The number of anilines is 1. The SMILES string of the molecule is O=C(Nc1ccc(C(=O)NC2CCCC2)cc1)c1ccc(Br)cc1. The van der Waals surface area contributed by atoms with Gasteiger partial charge in [0.2, 0.25) is 0 Å². The topological polar surface area (TPSA) is 58.2 Å². The molecule has 124 valence electrons. The second-order valence-corrected chi connectivity index (χ2v) is 6.91. The summed E-state index contributed by atoms with van der Waals surface area (Å²) >= 11 is 3.34. The van der Waals surface area contributed by atoms with Gasteiger partial charge in [-0.3, -0.25) is 9.59 Å². The van der Waals surface area contributed by atoms with Crippen molar-refractivity contribution < 1.29 is 9.59 Å². The molecule has 0 aliphatic heterocycles. The van der Waals surface area contributed by atoms with Gasteiger partial charge < -0.3 is 10.6 Å². The average molecular weight is 387 g/mol. The van der Waals surface area contributed by atoms with Crippen LogP contribution in [0.25, 0.3) is 0 Å². The molecule has 0 saturated heterocycles. The van der Waals surface area contributed by atoms with Crippen molar-refractivity contribution >= 4 is 33.4 Å². The minimum atomic E-state index is -0.175. The molecule has 0 atom stereocenters. The maximum atomic E-state index is 12.2. The number of amides is 2. The molecule has 0 bridgehead atoms. The lowest BCUT2D eigenvalue weighted by molar-refractivity contribution is 0.0937. The van der Waals surface area contributed by atoms with E-state index in [1.165, 1.54) is 12.8 Å². The molecule has 0 aromatic heterocycles. The van der Waals surface area contributed by atoms with Crippen LogP contribution in [-0.4, -0.2) is 17.9 Å². The zero-order valence-corrected chi connectivity index (χ0v) is 14.8. The second kappa shape index (κ2) is 7.62. The number of halogens is 1. The second-order valence-electron chi connectivity index (χ2n) is 5.99. The lowest BCUT2D eigenvalue weighted by Crippen LogP contribution is -2.32. The first-order chi connectivity index (χ1) is 11.6. The fourth-order valence-corrected chi connectivity index (χ4v) is 3.11. The van der Waals surface area contributed by atoms with Crippen molar-refractivity contribution in [2.45, 2.75) is 31.7 Å². The Bertz CT molecular complexity index is 720. The summed E-state index contributed by atoms with van der Waals surface area (Å²) in [6.45, 7) is 0. The van der Waals surface area contributed by atoms with Crippen molar-refractivity contribution in [2.24, 2.45) is 0 Å². The molecule has 0 radical (unpaired) electrons. The molecule has 0 heterocycles. The molecule has 4 nitrogen and oxygen atoms in total. The number of rotatable bonds is 4. The normalized spacial score (nSPS) is 14.4. The van der Waals surface area contributed by atoms with Crippen LogP contribution in [-0.2, 0) is 0 Å². The van der Waals surface area contributed by atoms with Gasteiger partial charge in [0.25, 0.3) is 11.8 Å². The first kappa shape index (κ1) is 16.7. The third-order valence-electron chi connectivity index (χ3n) is 4.20. The van der Waals surface area contributed by atoms with Gasteiger partial charge in [0, 0.05) is 27.3 Å². The Labute approximate surface area is 149 Å². The number of carbonyl (C=O) groups excluding carboxylic acids is 2. The fraction of sp³-hybridized carbons (Fsp3) is 0.263. The summed E-state index contributed by atoms with van der Waals surface area (Å²) in [5.41, 5.74) is 1.87. The van der Waals surface area contributed by atoms with Crippen molar-refractivity contribution in [2.75, 3.05) is 5.32 Å². The van der Waals surface area contributed by atoms with E-state index >= 15 is 0 Å². The summed E-state index contributed by atoms with van der Waals surface area (Å²) < 4.78 is 0.927. The van der Waals surface area contributed by atoms with Crippen LogP contribution >= 0.6 is 15.9 Å². The summed E-state index contributed by atoms with van der Waals surface area (Å²) in [5.74, 6) is -0.224. The van der Waals surface area contributed by atoms with Crippen molar-refractivity contribution in [3.05, 3.63) is 64.1 Å². The van der Waals surface area contributed by atoms with Crippen molar-refractivity contribution in [3.8, 4) is 0 Å². The Morgan fingerprint density at radius 1 is 0.833 bits per heavy atom. The zero-order valence-electron chi connectivity index (χ0n) is 13.2. The highest BCUT2D eigenvalue weighted by Crippen LogP contribution is 2.19. The number of hydrogen-bond acceptors (Lipinski definition) is 2. The van der Waals surface area contributed by atoms with E-state index in [9.17, 15) is 9.59 Å². The van der Waals surface area contributed by atoms with Crippen LogP contribution in [0, 0.1) is 0 Å². The van der Waals surface area contributed by atoms with Gasteiger partial charge in [0.05, 0.1) is 0 Å². The number of nitrogens with one attached hydrogen (secondary N) is 2. The summed E-state index contributed by atoms with van der Waals surface area (Å²) in [5, 5.41) is 5.89. The van der Waals surface area contributed by atoms with Gasteiger partial charge in [-0.1, -0.05) is 28.8 Å². The first-order valence-corrected chi connectivity index (χ1v) is 8.89. The van der Waals surface area contributed by atoms with E-state index in [1.807, 2.05) is 12.1 Å². The summed E-state index contributed by atoms with van der Waals surface area (Å²) in [6.07, 6.45) is 4.50. The molecule has 3 rings (SSSR count). The molecule has 2 amide bonds. The minimum Gasteiger partial charge on any atom is -0.349 e. The van der Waals surface area contributed by atoms with E-state index in [4.69, 9.17) is 0 Å². The lowest BCUT2D eigenvalue weighted by atomic mass is 10.1. The van der Waals surface area contributed by atoms with Crippen molar-refractivity contribution in [3.63, 3.8) is 0 Å². The van der Waals surface area contributed by atoms with Gasteiger partial charge in [0.15, 0.2) is 0 Å². The molecule has 1 aliphatic rings. The summed E-state index contributed by atoms with van der Waals surface area (Å²) in [4.78, 5) is 24.4. The predicted molar refractivity (Wildman–Crippen MR) is 98.3 cm³/mol. The average Bonchev–Trinajstić information content (AvgIpc) is 3.09. The van der Waals surface area contributed by atoms with E-state index in [0.717, 1.165) is 17.3 Å². The first-order valence-electron chi connectivity index (χ1n) is 8.10. The standard InChI is InChI=1S/C19H19BrN2O2/c20-15-9-5-13(6-10-15)18(23)22-17-11-7-14(8-12-17)19(24)21-16-3-1-2-4-16/h5-12,16H,1-4H2,(H,21,24)(H,22,23). The van der Waals surface area contributed by atoms with Crippen molar-refractivity contribution in [1.82, 2.24) is 5.32 Å². The van der Waals surface area contributed by atoms with E-state index in [0.29, 0.717) is 22.9 Å². The van der Waals surface area contributed by atoms with Crippen LogP contribution < -0.4 is 10.6 Å². The Morgan fingerprint density at radius 3 is 2.00 bits per heavy atom. The molecule has 2 aromatic rings. The molecule has 5 heteroatoms. The zero-order chi connectivity index (χ0) is 16.9. The van der Waals surface area contributed by atoms with Gasteiger partial charge in [-0.25, -0.2) is 0 Å². The number of hydrogen-bond donors (Lipinski definition) is 2. The molecular weight excluding hydrogens is 368 g/mol. The van der Waals surface area contributed by atoms with Crippen molar-refractivity contribution in [1.29, 1.82) is 0 Å². The molecule has 0 spiro atoms. The Morgan fingerprint density at radius 2 is 1.38 bits per heavy atom. The monoisotopic (exact) mass is 386 g/mol. The van der Waals surface area contributed by atoms with Crippen LogP contribution in [0.4, 0.5) is 5.69 Å². The van der Waals surface area contributed by atoms with Crippen LogP contribution in [0.15, 0.2) is 53.0 Å². The van der Waals surface area contributed by atoms with Crippen LogP contribution in [0.2, 0.25) is 0 Å². The minimum absolute atomic E-state index is 0.0484. The number of carbonyl (C=O) groups is 2. The highest BCUT2D eigenvalue weighted by molar-refractivity contribution is 9.10. The van der Waals surface area contributed by atoms with Crippen LogP contribution in [0.5, 0.6) is 0 Å². The maximum Gasteiger partial charge on any atom is 0.255 e. The van der Waals surface area contributed by atoms with Crippen LogP contribution in [0.3, 0.4) is 0 Å². The smallest absolute Gasteiger partial charge is 0.255 e. The molecule has 1 saturated carbocycles. The van der Waals surface area contributed by atoms with Gasteiger partial charge in [-0.15, -0.1) is 0 Å². The van der Waals surface area contributed by atoms with Gasteiger partial charge in [-0.2, -0.15) is 0 Å².